The molecule has 2 aromatic rings. The molecule has 0 amide bonds. The summed E-state index contributed by atoms with van der Waals surface area (Å²) in [6.45, 7) is 0.503. The van der Waals surface area contributed by atoms with Crippen LogP contribution < -0.4 is 9.79 Å². The average Bonchev–Trinajstić information content (AvgIpc) is 2.56. The Balaban J connectivity index is 2.15. The summed E-state index contributed by atoms with van der Waals surface area (Å²) >= 11 is 5.73. The molecule has 2 rings (SSSR count). The molecule has 4 nitrogen and oxygen atoms in total. The molecule has 0 atom stereocenters. The van der Waals surface area contributed by atoms with Crippen LogP contribution >= 0.6 is 11.6 Å². The van der Waals surface area contributed by atoms with Gasteiger partial charge in [0.25, 0.3) is 0 Å². The van der Waals surface area contributed by atoms with Gasteiger partial charge in [0, 0.05) is 10.6 Å². The molecule has 0 aliphatic rings. The Morgan fingerprint density at radius 2 is 2.07 bits per heavy atom. The Morgan fingerprint density at radius 1 is 1.36 bits per heavy atom. The van der Waals surface area contributed by atoms with E-state index in [1.807, 2.05) is 12.1 Å². The van der Waals surface area contributed by atoms with Gasteiger partial charge in [0.2, 0.25) is 12.7 Å². The zero-order chi connectivity index (χ0) is 9.97. The van der Waals surface area contributed by atoms with Crippen LogP contribution in [0.2, 0.25) is 5.02 Å². The summed E-state index contributed by atoms with van der Waals surface area (Å²) in [6.07, 6.45) is 1.30. The van der Waals surface area contributed by atoms with Crippen molar-refractivity contribution < 1.29 is 14.3 Å². The lowest BCUT2D eigenvalue weighted by atomic mass is 10.2. The van der Waals surface area contributed by atoms with Gasteiger partial charge in [-0.1, -0.05) is 28.4 Å². The lowest BCUT2D eigenvalue weighted by Crippen LogP contribution is -2.35. The van der Waals surface area contributed by atoms with Gasteiger partial charge in [-0.05, 0) is 12.1 Å². The topological polar surface area (TPSA) is 53.0 Å². The van der Waals surface area contributed by atoms with E-state index in [0.717, 1.165) is 5.56 Å². The van der Waals surface area contributed by atoms with Gasteiger partial charge in [-0.15, -0.1) is 0 Å². The van der Waals surface area contributed by atoms with Crippen LogP contribution in [0.4, 0.5) is 0 Å². The van der Waals surface area contributed by atoms with Gasteiger partial charge < -0.3 is 9.63 Å². The third kappa shape index (κ3) is 2.03. The van der Waals surface area contributed by atoms with Crippen LogP contribution in [0.25, 0.3) is 0 Å². The zero-order valence-electron chi connectivity index (χ0n) is 7.18. The summed E-state index contributed by atoms with van der Waals surface area (Å²) < 4.78 is 5.83. The molecule has 0 fully saturated rings. The van der Waals surface area contributed by atoms with Gasteiger partial charge in [0.05, 0.1) is 5.27 Å². The maximum absolute atomic E-state index is 10.7. The Kier molecular flexibility index (Phi) is 2.37. The van der Waals surface area contributed by atoms with Gasteiger partial charge in [0.15, 0.2) is 0 Å². The summed E-state index contributed by atoms with van der Waals surface area (Å²) in [7, 11) is 0. The van der Waals surface area contributed by atoms with Gasteiger partial charge >= 0.3 is 0 Å². The molecule has 0 radical (unpaired) electrons. The lowest BCUT2D eigenvalue weighted by Gasteiger charge is -1.93. The van der Waals surface area contributed by atoms with E-state index in [2.05, 4.69) is 9.79 Å². The molecular formula is C9H7ClN2O2. The molecule has 0 N–H and O–H groups in total. The van der Waals surface area contributed by atoms with Crippen LogP contribution in [0, 0.1) is 0 Å². The smallest absolute Gasteiger partial charge is 0.221 e. The quantitative estimate of drug-likeness (QED) is 0.687. The van der Waals surface area contributed by atoms with E-state index in [4.69, 9.17) is 11.6 Å². The number of aromatic nitrogens is 2. The number of hydrogen-bond acceptors (Lipinski definition) is 3. The minimum atomic E-state index is -0.445. The second kappa shape index (κ2) is 3.67. The fourth-order valence-corrected chi connectivity index (χ4v) is 1.24. The van der Waals surface area contributed by atoms with Gasteiger partial charge in [0.1, 0.15) is 5.95 Å². The molecule has 72 valence electrons. The number of hydrogen-bond donors (Lipinski definition) is 0. The molecule has 1 aromatic carbocycles. The van der Waals surface area contributed by atoms with E-state index >= 15 is 0 Å². The second-order valence-corrected chi connectivity index (χ2v) is 3.28. The van der Waals surface area contributed by atoms with E-state index in [-0.39, 0.29) is 0 Å². The van der Waals surface area contributed by atoms with E-state index in [1.165, 1.54) is 10.9 Å². The predicted octanol–water partition coefficient (Wildman–Crippen LogP) is 0.737. The molecule has 0 aliphatic heterocycles. The largest absolute Gasteiger partial charge is 0.539 e. The summed E-state index contributed by atoms with van der Waals surface area (Å²) in [5, 5.41) is 14.9. The second-order valence-electron chi connectivity index (χ2n) is 2.85. The molecule has 0 spiro atoms. The van der Waals surface area contributed by atoms with E-state index in [9.17, 15) is 5.11 Å². The molecular weight excluding hydrogens is 204 g/mol. The van der Waals surface area contributed by atoms with Gasteiger partial charge in [-0.25, -0.2) is 0 Å². The van der Waals surface area contributed by atoms with Crippen molar-refractivity contribution in [2.75, 3.05) is 0 Å². The normalized spacial score (nSPS) is 10.4. The molecule has 0 saturated heterocycles. The van der Waals surface area contributed by atoms with E-state index in [0.29, 0.717) is 11.6 Å². The highest BCUT2D eigenvalue weighted by Crippen LogP contribution is 2.09. The average molecular weight is 211 g/mol. The van der Waals surface area contributed by atoms with Crippen LogP contribution in [-0.2, 0) is 6.54 Å². The SMILES string of the molecule is [O-]c1c[n+](Cc2ccc(Cl)cc2)no1. The van der Waals surface area contributed by atoms with Crippen LogP contribution in [-0.4, -0.2) is 5.27 Å². The monoisotopic (exact) mass is 210 g/mol. The van der Waals surface area contributed by atoms with Crippen molar-refractivity contribution in [2.45, 2.75) is 6.54 Å². The fourth-order valence-electron chi connectivity index (χ4n) is 1.11. The van der Waals surface area contributed by atoms with Crippen molar-refractivity contribution in [3.8, 4) is 5.95 Å². The first-order valence-electron chi connectivity index (χ1n) is 4.02. The van der Waals surface area contributed by atoms with Gasteiger partial charge in [-0.3, -0.25) is 0 Å². The number of rotatable bonds is 2. The van der Waals surface area contributed by atoms with Crippen molar-refractivity contribution in [3.63, 3.8) is 0 Å². The lowest BCUT2D eigenvalue weighted by molar-refractivity contribution is -0.754. The highest BCUT2D eigenvalue weighted by atomic mass is 35.5. The van der Waals surface area contributed by atoms with Crippen molar-refractivity contribution in [3.05, 3.63) is 41.0 Å². The summed E-state index contributed by atoms with van der Waals surface area (Å²) in [5.41, 5.74) is 1.01. The van der Waals surface area contributed by atoms with Crippen molar-refractivity contribution in [1.82, 2.24) is 5.27 Å². The first-order valence-corrected chi connectivity index (χ1v) is 4.40. The fraction of sp³-hybridized carbons (Fsp3) is 0.111. The minimum Gasteiger partial charge on any atom is -0.539 e. The molecule has 5 heteroatoms. The standard InChI is InChI=1S/C9H7ClN2O2/c10-8-3-1-7(2-4-8)5-12-6-9(13)14-11-12/h1-4,6H,5H2. The maximum atomic E-state index is 10.7. The van der Waals surface area contributed by atoms with Crippen LogP contribution in [0.1, 0.15) is 5.56 Å². The Morgan fingerprint density at radius 3 is 2.64 bits per heavy atom. The van der Waals surface area contributed by atoms with Crippen LogP contribution in [0.5, 0.6) is 5.95 Å². The Hall–Kier alpha value is -1.55. The Labute approximate surface area is 85.3 Å². The first kappa shape index (κ1) is 9.02. The molecule has 0 saturated carbocycles. The Bertz CT molecular complexity index is 425. The minimum absolute atomic E-state index is 0.445. The number of halogens is 1. The zero-order valence-corrected chi connectivity index (χ0v) is 7.94. The third-order valence-corrected chi connectivity index (χ3v) is 2.00. The van der Waals surface area contributed by atoms with Crippen molar-refractivity contribution in [1.29, 1.82) is 0 Å². The van der Waals surface area contributed by atoms with E-state index < -0.39 is 5.95 Å². The van der Waals surface area contributed by atoms with Crippen molar-refractivity contribution >= 4 is 11.6 Å². The maximum Gasteiger partial charge on any atom is 0.221 e. The molecule has 0 aliphatic carbocycles. The third-order valence-electron chi connectivity index (χ3n) is 1.75. The summed E-state index contributed by atoms with van der Waals surface area (Å²) in [5.74, 6) is -0.445. The molecule has 1 heterocycles. The van der Waals surface area contributed by atoms with E-state index in [1.54, 1.807) is 12.1 Å². The molecule has 14 heavy (non-hydrogen) atoms. The summed E-state index contributed by atoms with van der Waals surface area (Å²) in [4.78, 5) is 0. The molecule has 0 bridgehead atoms. The molecule has 1 aromatic heterocycles. The number of nitrogens with zero attached hydrogens (tertiary/aromatic N) is 2. The molecule has 0 unspecified atom stereocenters. The highest BCUT2D eigenvalue weighted by Gasteiger charge is 2.04. The van der Waals surface area contributed by atoms with Crippen molar-refractivity contribution in [2.24, 2.45) is 0 Å². The first-order chi connectivity index (χ1) is 6.74. The number of benzene rings is 1. The van der Waals surface area contributed by atoms with Gasteiger partial charge in [-0.2, -0.15) is 0 Å². The van der Waals surface area contributed by atoms with Crippen LogP contribution in [0.15, 0.2) is 35.0 Å². The predicted molar refractivity (Wildman–Crippen MR) is 46.7 cm³/mol. The van der Waals surface area contributed by atoms with Crippen LogP contribution in [0.3, 0.4) is 0 Å². The summed E-state index contributed by atoms with van der Waals surface area (Å²) in [6, 6.07) is 7.31. The highest BCUT2D eigenvalue weighted by molar-refractivity contribution is 6.30.